The lowest BCUT2D eigenvalue weighted by Gasteiger charge is -2.34. The van der Waals surface area contributed by atoms with Crippen LogP contribution in [0.1, 0.15) is 25.0 Å². The topological polar surface area (TPSA) is 96.0 Å². The third kappa shape index (κ3) is 8.63. The molecular weight excluding hydrogens is 642 g/mol. The second-order valence-electron chi connectivity index (χ2n) is 10.3. The number of halogens is 1. The Kier molecular flexibility index (Phi) is 12.5. The van der Waals surface area contributed by atoms with E-state index in [4.69, 9.17) is 16.3 Å². The van der Waals surface area contributed by atoms with Crippen molar-refractivity contribution in [3.05, 3.63) is 119 Å². The third-order valence-corrected chi connectivity index (χ3v) is 10.2. The van der Waals surface area contributed by atoms with Crippen LogP contribution >= 0.6 is 23.4 Å². The van der Waals surface area contributed by atoms with E-state index in [0.29, 0.717) is 22.9 Å². The van der Waals surface area contributed by atoms with E-state index in [1.807, 2.05) is 36.6 Å². The Balaban J connectivity index is 1.84. The number of hydrogen-bond donors (Lipinski definition) is 1. The molecule has 0 saturated carbocycles. The highest BCUT2D eigenvalue weighted by atomic mass is 35.5. The molecule has 0 aliphatic carbocycles. The Bertz CT molecular complexity index is 1720. The fraction of sp³-hybridized carbons (Fsp3) is 0.257. The molecule has 0 unspecified atom stereocenters. The Labute approximate surface area is 280 Å². The average molecular weight is 680 g/mol. The summed E-state index contributed by atoms with van der Waals surface area (Å²) in [7, 11) is -4.27. The molecule has 11 heteroatoms. The predicted octanol–water partition coefficient (Wildman–Crippen LogP) is 6.43. The molecule has 0 saturated heterocycles. The quantitative estimate of drug-likeness (QED) is 0.146. The van der Waals surface area contributed by atoms with E-state index in [2.05, 4.69) is 5.32 Å². The molecule has 0 aliphatic rings. The van der Waals surface area contributed by atoms with Crippen molar-refractivity contribution in [3.8, 4) is 5.75 Å². The number of para-hydroxylation sites is 2. The smallest absolute Gasteiger partial charge is 0.264 e. The van der Waals surface area contributed by atoms with Crippen molar-refractivity contribution in [2.45, 2.75) is 42.6 Å². The first-order chi connectivity index (χ1) is 22.2. The molecule has 4 rings (SSSR count). The molecule has 0 aromatic heterocycles. The van der Waals surface area contributed by atoms with Crippen LogP contribution in [0.25, 0.3) is 0 Å². The van der Waals surface area contributed by atoms with Crippen molar-refractivity contribution in [2.24, 2.45) is 0 Å². The first-order valence-corrected chi connectivity index (χ1v) is 18.0. The van der Waals surface area contributed by atoms with Crippen molar-refractivity contribution < 1.29 is 22.7 Å². The summed E-state index contributed by atoms with van der Waals surface area (Å²) in [5, 5.41) is 3.29. The lowest BCUT2D eigenvalue weighted by molar-refractivity contribution is -0.140. The Morgan fingerprint density at radius 2 is 1.54 bits per heavy atom. The number of sulfonamides is 1. The average Bonchev–Trinajstić information content (AvgIpc) is 3.07. The van der Waals surface area contributed by atoms with Gasteiger partial charge in [0.25, 0.3) is 10.0 Å². The summed E-state index contributed by atoms with van der Waals surface area (Å²) < 4.78 is 35.6. The highest BCUT2D eigenvalue weighted by Gasteiger charge is 2.35. The second-order valence-corrected chi connectivity index (χ2v) is 13.5. The van der Waals surface area contributed by atoms with Gasteiger partial charge in [-0.25, -0.2) is 8.42 Å². The van der Waals surface area contributed by atoms with Gasteiger partial charge in [0.2, 0.25) is 11.8 Å². The monoisotopic (exact) mass is 679 g/mol. The first kappa shape index (κ1) is 34.9. The minimum Gasteiger partial charge on any atom is -0.492 e. The maximum Gasteiger partial charge on any atom is 0.264 e. The number of anilines is 1. The van der Waals surface area contributed by atoms with Gasteiger partial charge in [-0.2, -0.15) is 0 Å². The zero-order valence-corrected chi connectivity index (χ0v) is 28.4. The molecule has 0 fully saturated rings. The SMILES string of the molecule is CCNC(=O)[C@@H](Cc1ccccc1)N(Cc1ccccc1Cl)C(=O)CN(c1ccccc1OCC)S(=O)(=O)c1ccc(SC)cc1. The van der Waals surface area contributed by atoms with Gasteiger partial charge in [0.1, 0.15) is 18.3 Å². The molecule has 1 atom stereocenters. The van der Waals surface area contributed by atoms with E-state index in [1.54, 1.807) is 74.5 Å². The molecule has 8 nitrogen and oxygen atoms in total. The van der Waals surface area contributed by atoms with Crippen molar-refractivity contribution in [3.63, 3.8) is 0 Å². The normalized spacial score (nSPS) is 11.8. The number of carbonyl (C=O) groups excluding carboxylic acids is 2. The molecule has 1 N–H and O–H groups in total. The molecule has 0 aliphatic heterocycles. The number of benzene rings is 4. The third-order valence-electron chi connectivity index (χ3n) is 7.28. The fourth-order valence-corrected chi connectivity index (χ4v) is 7.01. The van der Waals surface area contributed by atoms with Gasteiger partial charge in [0.05, 0.1) is 17.2 Å². The van der Waals surface area contributed by atoms with E-state index in [0.717, 1.165) is 14.8 Å². The molecule has 0 spiro atoms. The van der Waals surface area contributed by atoms with Crippen LogP contribution in [0.5, 0.6) is 5.75 Å². The van der Waals surface area contributed by atoms with Crippen LogP contribution in [0.15, 0.2) is 113 Å². The summed E-state index contributed by atoms with van der Waals surface area (Å²) in [6.07, 6.45) is 2.11. The number of ether oxygens (including phenoxy) is 1. The van der Waals surface area contributed by atoms with E-state index < -0.39 is 28.5 Å². The number of carbonyl (C=O) groups is 2. The Morgan fingerprint density at radius 1 is 0.891 bits per heavy atom. The molecular formula is C35H38ClN3O5S2. The van der Waals surface area contributed by atoms with Gasteiger partial charge in [0.15, 0.2) is 0 Å². The maximum absolute atomic E-state index is 14.6. The molecule has 0 heterocycles. The van der Waals surface area contributed by atoms with Gasteiger partial charge in [-0.05, 0) is 73.7 Å². The van der Waals surface area contributed by atoms with Crippen LogP contribution < -0.4 is 14.4 Å². The summed E-state index contributed by atoms with van der Waals surface area (Å²) in [6.45, 7) is 3.64. The van der Waals surface area contributed by atoms with Gasteiger partial charge < -0.3 is 15.0 Å². The summed E-state index contributed by atoms with van der Waals surface area (Å²) >= 11 is 8.04. The molecule has 46 heavy (non-hydrogen) atoms. The molecule has 2 amide bonds. The zero-order valence-electron chi connectivity index (χ0n) is 26.1. The minimum absolute atomic E-state index is 0.0173. The summed E-state index contributed by atoms with van der Waals surface area (Å²) in [5.74, 6) is -0.629. The van der Waals surface area contributed by atoms with Gasteiger partial charge in [0, 0.05) is 29.4 Å². The van der Waals surface area contributed by atoms with Crippen molar-refractivity contribution in [2.75, 3.05) is 30.3 Å². The largest absolute Gasteiger partial charge is 0.492 e. The number of hydrogen-bond acceptors (Lipinski definition) is 6. The number of likely N-dealkylation sites (N-methyl/N-ethyl adjacent to an activating group) is 1. The number of nitrogens with zero attached hydrogens (tertiary/aromatic N) is 2. The van der Waals surface area contributed by atoms with Gasteiger partial charge in [-0.3, -0.25) is 13.9 Å². The summed E-state index contributed by atoms with van der Waals surface area (Å²) in [6, 6.07) is 28.7. The van der Waals surface area contributed by atoms with Crippen molar-refractivity contribution >= 4 is 50.9 Å². The predicted molar refractivity (Wildman–Crippen MR) is 185 cm³/mol. The van der Waals surface area contributed by atoms with E-state index in [-0.39, 0.29) is 36.1 Å². The highest BCUT2D eigenvalue weighted by molar-refractivity contribution is 7.98. The van der Waals surface area contributed by atoms with Gasteiger partial charge >= 0.3 is 0 Å². The maximum atomic E-state index is 14.6. The van der Waals surface area contributed by atoms with E-state index in [1.165, 1.54) is 28.8 Å². The van der Waals surface area contributed by atoms with Crippen LogP contribution in [-0.4, -0.2) is 57.1 Å². The number of amides is 2. The first-order valence-electron chi connectivity index (χ1n) is 14.9. The standard InChI is InChI=1S/C35H38ClN3O5S2/c1-4-37-35(41)32(23-26-13-7-6-8-14-26)38(24-27-15-9-10-16-30(27)36)34(40)25-39(31-17-11-12-18-33(31)44-5-2)46(42,43)29-21-19-28(45-3)20-22-29/h6-22,32H,4-5,23-25H2,1-3H3,(H,37,41)/t32-/m1/s1. The van der Waals surface area contributed by atoms with E-state index >= 15 is 0 Å². The van der Waals surface area contributed by atoms with Crippen molar-refractivity contribution in [1.82, 2.24) is 10.2 Å². The molecule has 4 aromatic rings. The zero-order chi connectivity index (χ0) is 33.1. The molecule has 0 bridgehead atoms. The van der Waals surface area contributed by atoms with Crippen LogP contribution in [0.4, 0.5) is 5.69 Å². The molecule has 0 radical (unpaired) electrons. The van der Waals surface area contributed by atoms with Crippen LogP contribution in [-0.2, 0) is 32.6 Å². The fourth-order valence-electron chi connectivity index (χ4n) is 4.99. The molecule has 4 aromatic carbocycles. The lowest BCUT2D eigenvalue weighted by atomic mass is 10.0. The number of thioether (sulfide) groups is 1. The minimum atomic E-state index is -4.27. The summed E-state index contributed by atoms with van der Waals surface area (Å²) in [5.41, 5.74) is 1.68. The van der Waals surface area contributed by atoms with Gasteiger partial charge in [-0.15, -0.1) is 11.8 Å². The Morgan fingerprint density at radius 3 is 2.20 bits per heavy atom. The van der Waals surface area contributed by atoms with Crippen molar-refractivity contribution in [1.29, 1.82) is 0 Å². The lowest BCUT2D eigenvalue weighted by Crippen LogP contribution is -2.53. The van der Waals surface area contributed by atoms with Crippen LogP contribution in [0.2, 0.25) is 5.02 Å². The molecule has 242 valence electrons. The van der Waals surface area contributed by atoms with Crippen LogP contribution in [0.3, 0.4) is 0 Å². The number of rotatable bonds is 15. The number of nitrogens with one attached hydrogen (secondary N) is 1. The highest BCUT2D eigenvalue weighted by Crippen LogP contribution is 2.33. The van der Waals surface area contributed by atoms with Gasteiger partial charge in [-0.1, -0.05) is 72.3 Å². The van der Waals surface area contributed by atoms with Crippen LogP contribution in [0, 0.1) is 0 Å². The summed E-state index contributed by atoms with van der Waals surface area (Å²) in [4.78, 5) is 30.6. The Hall–Kier alpha value is -3.99. The second kappa shape index (κ2) is 16.5. The van der Waals surface area contributed by atoms with E-state index in [9.17, 15) is 18.0 Å².